The fraction of sp³-hybridized carbons (Fsp3) is 0.368. The number of pyridine rings is 1. The molecular weight excluding hydrogens is 304 g/mol. The summed E-state index contributed by atoms with van der Waals surface area (Å²) in [6, 6.07) is 10.7. The van der Waals surface area contributed by atoms with E-state index >= 15 is 0 Å². The third-order valence-electron chi connectivity index (χ3n) is 3.52. The predicted molar refractivity (Wildman–Crippen MR) is 94.4 cm³/mol. The number of benzene rings is 1. The topological polar surface area (TPSA) is 62.4 Å². The van der Waals surface area contributed by atoms with Crippen LogP contribution in [0.3, 0.4) is 0 Å². The van der Waals surface area contributed by atoms with E-state index in [0.717, 1.165) is 11.3 Å². The molecule has 0 saturated carbocycles. The molecule has 1 aromatic heterocycles. The summed E-state index contributed by atoms with van der Waals surface area (Å²) in [5.41, 5.74) is 1.72. The summed E-state index contributed by atoms with van der Waals surface area (Å²) < 4.78 is 5.83. The fourth-order valence-electron chi connectivity index (χ4n) is 2.39. The molecular formula is C19H24N2O3. The molecule has 2 aromatic rings. The second-order valence-corrected chi connectivity index (χ2v) is 6.39. The maximum absolute atomic E-state index is 12.6. The number of hydrogen-bond acceptors (Lipinski definition) is 3. The minimum absolute atomic E-state index is 0.192. The molecule has 0 atom stereocenters. The van der Waals surface area contributed by atoms with E-state index in [1.165, 1.54) is 6.07 Å². The van der Waals surface area contributed by atoms with E-state index in [0.29, 0.717) is 30.3 Å². The number of carbonyl (C=O) groups is 1. The van der Waals surface area contributed by atoms with Crippen molar-refractivity contribution in [2.45, 2.75) is 27.3 Å². The number of rotatable bonds is 6. The van der Waals surface area contributed by atoms with Gasteiger partial charge in [0.1, 0.15) is 5.75 Å². The quantitative estimate of drug-likeness (QED) is 0.887. The van der Waals surface area contributed by atoms with Crippen LogP contribution in [0, 0.1) is 12.8 Å². The molecule has 1 N–H and O–H groups in total. The highest BCUT2D eigenvalue weighted by atomic mass is 16.5. The molecule has 0 spiro atoms. The third kappa shape index (κ3) is 4.72. The van der Waals surface area contributed by atoms with Gasteiger partial charge in [0.15, 0.2) is 0 Å². The number of amides is 1. The first kappa shape index (κ1) is 17.8. The first-order chi connectivity index (χ1) is 11.4. The molecule has 0 aliphatic heterocycles. The van der Waals surface area contributed by atoms with Crippen molar-refractivity contribution in [1.29, 1.82) is 0 Å². The van der Waals surface area contributed by atoms with Crippen molar-refractivity contribution in [2.75, 3.05) is 13.7 Å². The molecule has 0 fully saturated rings. The van der Waals surface area contributed by atoms with Gasteiger partial charge in [-0.25, -0.2) is 0 Å². The van der Waals surface area contributed by atoms with Crippen LogP contribution < -0.4 is 10.3 Å². The number of aryl methyl sites for hydroxylation is 1. The number of hydrogen-bond donors (Lipinski definition) is 1. The predicted octanol–water partition coefficient (Wildman–Crippen LogP) is 2.99. The number of ether oxygens (including phenoxy) is 1. The smallest absolute Gasteiger partial charge is 0.254 e. The zero-order chi connectivity index (χ0) is 17.7. The van der Waals surface area contributed by atoms with Crippen LogP contribution in [0.15, 0.2) is 41.2 Å². The van der Waals surface area contributed by atoms with Gasteiger partial charge in [0.05, 0.1) is 6.61 Å². The number of aromatic amines is 1. The van der Waals surface area contributed by atoms with Crippen molar-refractivity contribution in [3.8, 4) is 5.75 Å². The van der Waals surface area contributed by atoms with Crippen LogP contribution in [0.25, 0.3) is 0 Å². The van der Waals surface area contributed by atoms with Crippen molar-refractivity contribution in [3.05, 3.63) is 63.6 Å². The lowest BCUT2D eigenvalue weighted by Crippen LogP contribution is -2.27. The summed E-state index contributed by atoms with van der Waals surface area (Å²) in [6.07, 6.45) is 0. The molecule has 0 saturated heterocycles. The van der Waals surface area contributed by atoms with Crippen molar-refractivity contribution in [2.24, 2.45) is 5.92 Å². The van der Waals surface area contributed by atoms with Crippen molar-refractivity contribution < 1.29 is 9.53 Å². The van der Waals surface area contributed by atoms with Gasteiger partial charge in [0.25, 0.3) is 5.91 Å². The van der Waals surface area contributed by atoms with Crippen molar-refractivity contribution >= 4 is 5.91 Å². The van der Waals surface area contributed by atoms with Gasteiger partial charge in [0, 0.05) is 36.5 Å². The average Bonchev–Trinajstić information content (AvgIpc) is 2.52. The van der Waals surface area contributed by atoms with Gasteiger partial charge in [-0.3, -0.25) is 9.59 Å². The van der Waals surface area contributed by atoms with E-state index in [1.807, 2.05) is 24.3 Å². The summed E-state index contributed by atoms with van der Waals surface area (Å²) >= 11 is 0. The first-order valence-corrected chi connectivity index (χ1v) is 8.04. The number of carbonyl (C=O) groups excluding carboxylic acids is 1. The summed E-state index contributed by atoms with van der Waals surface area (Å²) in [5.74, 6) is 1.02. The maximum atomic E-state index is 12.6. The Morgan fingerprint density at radius 2 is 1.96 bits per heavy atom. The number of nitrogens with zero attached hydrogens (tertiary/aromatic N) is 1. The Bertz CT molecular complexity index is 765. The van der Waals surface area contributed by atoms with E-state index in [2.05, 4.69) is 18.8 Å². The molecule has 5 heteroatoms. The Balaban J connectivity index is 2.15. The summed E-state index contributed by atoms with van der Waals surface area (Å²) in [4.78, 5) is 28.3. The summed E-state index contributed by atoms with van der Waals surface area (Å²) in [7, 11) is 1.72. The van der Waals surface area contributed by atoms with E-state index < -0.39 is 0 Å². The molecule has 0 aliphatic rings. The molecule has 128 valence electrons. The fourth-order valence-corrected chi connectivity index (χ4v) is 2.39. The first-order valence-electron chi connectivity index (χ1n) is 8.04. The molecule has 1 amide bonds. The lowest BCUT2D eigenvalue weighted by molar-refractivity contribution is 0.0783. The third-order valence-corrected chi connectivity index (χ3v) is 3.52. The Labute approximate surface area is 142 Å². The van der Waals surface area contributed by atoms with Gasteiger partial charge >= 0.3 is 0 Å². The van der Waals surface area contributed by atoms with Gasteiger partial charge in [-0.2, -0.15) is 0 Å². The Morgan fingerprint density at radius 3 is 2.62 bits per heavy atom. The van der Waals surface area contributed by atoms with Gasteiger partial charge in [-0.15, -0.1) is 0 Å². The van der Waals surface area contributed by atoms with E-state index in [-0.39, 0.29) is 11.5 Å². The largest absolute Gasteiger partial charge is 0.493 e. The minimum Gasteiger partial charge on any atom is -0.493 e. The van der Waals surface area contributed by atoms with Crippen molar-refractivity contribution in [3.63, 3.8) is 0 Å². The molecule has 0 unspecified atom stereocenters. The van der Waals surface area contributed by atoms with Gasteiger partial charge < -0.3 is 14.6 Å². The number of para-hydroxylation sites is 1. The Kier molecular flexibility index (Phi) is 5.79. The van der Waals surface area contributed by atoms with Crippen LogP contribution in [0.4, 0.5) is 0 Å². The standard InChI is InChI=1S/C19H24N2O3/c1-13(2)12-24-17-8-6-5-7-15(17)11-21(4)19(23)16-9-14(3)20-18(22)10-16/h5-10,13H,11-12H2,1-4H3,(H,20,22). The number of aromatic nitrogens is 1. The highest BCUT2D eigenvalue weighted by Crippen LogP contribution is 2.21. The molecule has 0 radical (unpaired) electrons. The molecule has 1 heterocycles. The SMILES string of the molecule is Cc1cc(C(=O)N(C)Cc2ccccc2OCC(C)C)cc(=O)[nH]1. The monoisotopic (exact) mass is 328 g/mol. The van der Waals surface area contributed by atoms with Crippen LogP contribution in [0.5, 0.6) is 5.75 Å². The highest BCUT2D eigenvalue weighted by Gasteiger charge is 2.15. The van der Waals surface area contributed by atoms with E-state index in [4.69, 9.17) is 4.74 Å². The zero-order valence-electron chi connectivity index (χ0n) is 14.6. The molecule has 0 bridgehead atoms. The molecule has 5 nitrogen and oxygen atoms in total. The number of H-pyrrole nitrogens is 1. The molecule has 2 rings (SSSR count). The molecule has 1 aromatic carbocycles. The van der Waals surface area contributed by atoms with Gasteiger partial charge in [-0.05, 0) is 25.0 Å². The lowest BCUT2D eigenvalue weighted by Gasteiger charge is -2.20. The van der Waals surface area contributed by atoms with Gasteiger partial charge in [0.2, 0.25) is 5.56 Å². The highest BCUT2D eigenvalue weighted by molar-refractivity contribution is 5.94. The van der Waals surface area contributed by atoms with Crippen molar-refractivity contribution in [1.82, 2.24) is 9.88 Å². The molecule has 24 heavy (non-hydrogen) atoms. The minimum atomic E-state index is -0.271. The molecule has 0 aliphatic carbocycles. The Morgan fingerprint density at radius 1 is 1.25 bits per heavy atom. The van der Waals surface area contributed by atoms with Crippen LogP contribution in [0.2, 0.25) is 0 Å². The second-order valence-electron chi connectivity index (χ2n) is 6.39. The van der Waals surface area contributed by atoms with Crippen LogP contribution >= 0.6 is 0 Å². The van der Waals surface area contributed by atoms with Crippen LogP contribution in [-0.2, 0) is 6.54 Å². The summed E-state index contributed by atoms with van der Waals surface area (Å²) in [6.45, 7) is 6.98. The van der Waals surface area contributed by atoms with E-state index in [9.17, 15) is 9.59 Å². The number of nitrogens with one attached hydrogen (secondary N) is 1. The Hall–Kier alpha value is -2.56. The maximum Gasteiger partial charge on any atom is 0.254 e. The zero-order valence-corrected chi connectivity index (χ0v) is 14.6. The second kappa shape index (κ2) is 7.81. The van der Waals surface area contributed by atoms with Crippen LogP contribution in [0.1, 0.15) is 35.5 Å². The van der Waals surface area contributed by atoms with E-state index in [1.54, 1.807) is 24.9 Å². The normalized spacial score (nSPS) is 10.7. The van der Waals surface area contributed by atoms with Crippen LogP contribution in [-0.4, -0.2) is 29.4 Å². The van der Waals surface area contributed by atoms with Gasteiger partial charge in [-0.1, -0.05) is 32.0 Å². The summed E-state index contributed by atoms with van der Waals surface area (Å²) in [5, 5.41) is 0. The average molecular weight is 328 g/mol. The lowest BCUT2D eigenvalue weighted by atomic mass is 10.1.